The minimum Gasteiger partial charge on any atom is -0.236 e. The van der Waals surface area contributed by atoms with Crippen LogP contribution in [-0.2, 0) is 0 Å². The standard InChI is InChI=1S/C14H14Cl2N2/c1-8(2)12-7-17-14(18-13(12)16)11-6-10(15)5-4-9(11)3/h4-8H,1-3H3. The van der Waals surface area contributed by atoms with E-state index in [-0.39, 0.29) is 0 Å². The lowest BCUT2D eigenvalue weighted by atomic mass is 10.1. The Kier molecular flexibility index (Phi) is 3.88. The highest BCUT2D eigenvalue weighted by molar-refractivity contribution is 6.31. The number of hydrogen-bond donors (Lipinski definition) is 0. The number of hydrogen-bond acceptors (Lipinski definition) is 2. The van der Waals surface area contributed by atoms with Crippen molar-refractivity contribution in [3.8, 4) is 11.4 Å². The van der Waals surface area contributed by atoms with Crippen LogP contribution in [0.15, 0.2) is 24.4 Å². The van der Waals surface area contributed by atoms with Crippen LogP contribution in [-0.4, -0.2) is 9.97 Å². The lowest BCUT2D eigenvalue weighted by Gasteiger charge is -2.10. The van der Waals surface area contributed by atoms with Crippen LogP contribution >= 0.6 is 23.2 Å². The summed E-state index contributed by atoms with van der Waals surface area (Å²) in [6.45, 7) is 6.13. The molecular formula is C14H14Cl2N2. The van der Waals surface area contributed by atoms with Crippen molar-refractivity contribution in [2.75, 3.05) is 0 Å². The molecule has 2 nitrogen and oxygen atoms in total. The number of aromatic nitrogens is 2. The van der Waals surface area contributed by atoms with E-state index < -0.39 is 0 Å². The third kappa shape index (κ3) is 2.65. The van der Waals surface area contributed by atoms with Crippen LogP contribution in [0, 0.1) is 6.92 Å². The van der Waals surface area contributed by atoms with E-state index in [0.29, 0.717) is 21.9 Å². The van der Waals surface area contributed by atoms with Crippen molar-refractivity contribution < 1.29 is 0 Å². The fourth-order valence-corrected chi connectivity index (χ4v) is 2.24. The summed E-state index contributed by atoms with van der Waals surface area (Å²) in [5.74, 6) is 0.927. The van der Waals surface area contributed by atoms with Crippen molar-refractivity contribution in [1.82, 2.24) is 9.97 Å². The molecular weight excluding hydrogens is 267 g/mol. The number of nitrogens with zero attached hydrogens (tertiary/aromatic N) is 2. The van der Waals surface area contributed by atoms with Crippen LogP contribution in [0.2, 0.25) is 10.2 Å². The Morgan fingerprint density at radius 1 is 1.17 bits per heavy atom. The van der Waals surface area contributed by atoms with E-state index in [2.05, 4.69) is 23.8 Å². The number of benzene rings is 1. The summed E-state index contributed by atoms with van der Waals surface area (Å²) in [6.07, 6.45) is 1.79. The first kappa shape index (κ1) is 13.3. The third-order valence-electron chi connectivity index (χ3n) is 2.83. The van der Waals surface area contributed by atoms with Crippen molar-refractivity contribution >= 4 is 23.2 Å². The van der Waals surface area contributed by atoms with E-state index in [9.17, 15) is 0 Å². The van der Waals surface area contributed by atoms with E-state index in [1.807, 2.05) is 25.1 Å². The second-order valence-corrected chi connectivity index (χ2v) is 5.35. The van der Waals surface area contributed by atoms with Gasteiger partial charge in [-0.2, -0.15) is 0 Å². The van der Waals surface area contributed by atoms with E-state index in [0.717, 1.165) is 16.7 Å². The fourth-order valence-electron chi connectivity index (χ4n) is 1.72. The Morgan fingerprint density at radius 2 is 1.89 bits per heavy atom. The first-order chi connectivity index (χ1) is 8.49. The maximum absolute atomic E-state index is 6.18. The van der Waals surface area contributed by atoms with Gasteiger partial charge in [0.05, 0.1) is 0 Å². The molecule has 0 N–H and O–H groups in total. The van der Waals surface area contributed by atoms with Gasteiger partial charge in [0, 0.05) is 22.3 Å². The normalized spacial score (nSPS) is 11.0. The lowest BCUT2D eigenvalue weighted by molar-refractivity contribution is 0.847. The van der Waals surface area contributed by atoms with Gasteiger partial charge in [0.25, 0.3) is 0 Å². The lowest BCUT2D eigenvalue weighted by Crippen LogP contribution is -1.97. The Bertz CT molecular complexity index is 580. The molecule has 1 aromatic heterocycles. The molecule has 1 aromatic carbocycles. The molecule has 2 aromatic rings. The van der Waals surface area contributed by atoms with Gasteiger partial charge in [-0.15, -0.1) is 0 Å². The van der Waals surface area contributed by atoms with E-state index in [1.54, 1.807) is 6.20 Å². The van der Waals surface area contributed by atoms with Crippen LogP contribution in [0.25, 0.3) is 11.4 Å². The topological polar surface area (TPSA) is 25.8 Å². The van der Waals surface area contributed by atoms with Crippen LogP contribution in [0.3, 0.4) is 0 Å². The molecule has 0 bridgehead atoms. The Labute approximate surface area is 117 Å². The van der Waals surface area contributed by atoms with Gasteiger partial charge in [0.1, 0.15) is 5.15 Å². The predicted octanol–water partition coefficient (Wildman–Crippen LogP) is 4.88. The third-order valence-corrected chi connectivity index (χ3v) is 3.37. The highest BCUT2D eigenvalue weighted by Crippen LogP contribution is 2.27. The molecule has 4 heteroatoms. The largest absolute Gasteiger partial charge is 0.236 e. The van der Waals surface area contributed by atoms with Gasteiger partial charge in [-0.3, -0.25) is 0 Å². The first-order valence-corrected chi connectivity index (χ1v) is 6.53. The smallest absolute Gasteiger partial charge is 0.161 e. The van der Waals surface area contributed by atoms with E-state index in [1.165, 1.54) is 0 Å². The maximum Gasteiger partial charge on any atom is 0.161 e. The monoisotopic (exact) mass is 280 g/mol. The fraction of sp³-hybridized carbons (Fsp3) is 0.286. The number of halogens is 2. The zero-order chi connectivity index (χ0) is 13.3. The summed E-state index contributed by atoms with van der Waals surface area (Å²) in [4.78, 5) is 8.74. The van der Waals surface area contributed by atoms with Gasteiger partial charge in [-0.05, 0) is 30.5 Å². The zero-order valence-electron chi connectivity index (χ0n) is 10.5. The van der Waals surface area contributed by atoms with Crippen molar-refractivity contribution in [1.29, 1.82) is 0 Å². The van der Waals surface area contributed by atoms with Crippen molar-refractivity contribution in [2.24, 2.45) is 0 Å². The molecule has 0 saturated carbocycles. The summed E-state index contributed by atoms with van der Waals surface area (Å²) in [5, 5.41) is 1.18. The summed E-state index contributed by atoms with van der Waals surface area (Å²) >= 11 is 12.2. The summed E-state index contributed by atoms with van der Waals surface area (Å²) < 4.78 is 0. The molecule has 0 atom stereocenters. The molecule has 2 rings (SSSR count). The van der Waals surface area contributed by atoms with Crippen LogP contribution in [0.4, 0.5) is 0 Å². The molecule has 0 aliphatic rings. The molecule has 0 saturated heterocycles. The van der Waals surface area contributed by atoms with Crippen molar-refractivity contribution in [2.45, 2.75) is 26.7 Å². The Balaban J connectivity index is 2.52. The first-order valence-electron chi connectivity index (χ1n) is 5.78. The van der Waals surface area contributed by atoms with Gasteiger partial charge in [-0.1, -0.05) is 43.1 Å². The van der Waals surface area contributed by atoms with Gasteiger partial charge in [0.15, 0.2) is 5.82 Å². The molecule has 0 radical (unpaired) electrons. The second-order valence-electron chi connectivity index (χ2n) is 4.55. The Morgan fingerprint density at radius 3 is 2.50 bits per heavy atom. The maximum atomic E-state index is 6.18. The molecule has 0 aliphatic heterocycles. The molecule has 94 valence electrons. The van der Waals surface area contributed by atoms with Crippen molar-refractivity contribution in [3.63, 3.8) is 0 Å². The Hall–Kier alpha value is -1.12. The summed E-state index contributed by atoms with van der Waals surface area (Å²) in [7, 11) is 0. The minimum absolute atomic E-state index is 0.312. The molecule has 0 fully saturated rings. The van der Waals surface area contributed by atoms with E-state index >= 15 is 0 Å². The van der Waals surface area contributed by atoms with Gasteiger partial charge in [0.2, 0.25) is 0 Å². The molecule has 1 heterocycles. The predicted molar refractivity (Wildman–Crippen MR) is 76.3 cm³/mol. The minimum atomic E-state index is 0.312. The van der Waals surface area contributed by atoms with Crippen LogP contribution in [0.5, 0.6) is 0 Å². The van der Waals surface area contributed by atoms with Gasteiger partial charge in [-0.25, -0.2) is 9.97 Å². The molecule has 0 spiro atoms. The molecule has 0 amide bonds. The SMILES string of the molecule is Cc1ccc(Cl)cc1-c1ncc(C(C)C)c(Cl)n1. The summed E-state index contributed by atoms with van der Waals surface area (Å²) in [6, 6.07) is 5.66. The average Bonchev–Trinajstić information content (AvgIpc) is 2.31. The van der Waals surface area contributed by atoms with Gasteiger partial charge >= 0.3 is 0 Å². The molecule has 0 aliphatic carbocycles. The quantitative estimate of drug-likeness (QED) is 0.733. The summed E-state index contributed by atoms with van der Waals surface area (Å²) in [5.41, 5.74) is 2.95. The molecule has 18 heavy (non-hydrogen) atoms. The number of rotatable bonds is 2. The van der Waals surface area contributed by atoms with Gasteiger partial charge < -0.3 is 0 Å². The van der Waals surface area contributed by atoms with Crippen molar-refractivity contribution in [3.05, 3.63) is 45.7 Å². The van der Waals surface area contributed by atoms with Crippen LogP contribution in [0.1, 0.15) is 30.9 Å². The molecule has 0 unspecified atom stereocenters. The average molecular weight is 281 g/mol. The highest BCUT2D eigenvalue weighted by Gasteiger charge is 2.11. The van der Waals surface area contributed by atoms with Crippen LogP contribution < -0.4 is 0 Å². The zero-order valence-corrected chi connectivity index (χ0v) is 12.0. The number of aryl methyl sites for hydroxylation is 1. The second kappa shape index (κ2) is 5.25. The van der Waals surface area contributed by atoms with E-state index in [4.69, 9.17) is 23.2 Å². The highest BCUT2D eigenvalue weighted by atomic mass is 35.5.